The van der Waals surface area contributed by atoms with Gasteiger partial charge in [-0.2, -0.15) is 0 Å². The summed E-state index contributed by atoms with van der Waals surface area (Å²) in [6.07, 6.45) is 4.96. The first-order valence-corrected chi connectivity index (χ1v) is 6.70. The molecule has 92 valence electrons. The molecule has 2 aliphatic rings. The fourth-order valence-electron chi connectivity index (χ4n) is 2.51. The van der Waals surface area contributed by atoms with E-state index >= 15 is 0 Å². The van der Waals surface area contributed by atoms with Crippen molar-refractivity contribution in [2.24, 2.45) is 11.8 Å². The second kappa shape index (κ2) is 4.32. The summed E-state index contributed by atoms with van der Waals surface area (Å²) in [5.41, 5.74) is 1.09. The Morgan fingerprint density at radius 2 is 2.18 bits per heavy atom. The molecule has 0 radical (unpaired) electrons. The molecule has 0 N–H and O–H groups in total. The minimum atomic E-state index is -0.138. The van der Waals surface area contributed by atoms with E-state index in [1.54, 1.807) is 12.1 Å². The molecule has 0 bridgehead atoms. The van der Waals surface area contributed by atoms with Crippen LogP contribution in [0.3, 0.4) is 0 Å². The predicted molar refractivity (Wildman–Crippen MR) is 65.8 cm³/mol. The van der Waals surface area contributed by atoms with E-state index < -0.39 is 0 Å². The van der Waals surface area contributed by atoms with E-state index in [0.717, 1.165) is 29.8 Å². The van der Waals surface area contributed by atoms with Crippen molar-refractivity contribution >= 4 is 0 Å². The molecular weight excluding hydrogens is 214 g/mol. The van der Waals surface area contributed by atoms with Gasteiger partial charge in [0, 0.05) is 5.56 Å². The van der Waals surface area contributed by atoms with Crippen LogP contribution in [0.5, 0.6) is 5.75 Å². The van der Waals surface area contributed by atoms with Gasteiger partial charge in [-0.15, -0.1) is 0 Å². The fourth-order valence-corrected chi connectivity index (χ4v) is 2.51. The molecule has 2 heteroatoms. The molecule has 2 atom stereocenters. The van der Waals surface area contributed by atoms with Crippen molar-refractivity contribution in [3.8, 4) is 5.75 Å². The maximum atomic E-state index is 13.3. The highest BCUT2D eigenvalue weighted by atomic mass is 18.2. The third kappa shape index (κ3) is 2.46. The molecule has 0 unspecified atom stereocenters. The summed E-state index contributed by atoms with van der Waals surface area (Å²) in [5, 5.41) is 0. The first-order valence-electron chi connectivity index (χ1n) is 6.70. The number of hydrogen-bond acceptors (Lipinski definition) is 1. The quantitative estimate of drug-likeness (QED) is 0.743. The number of halogens is 1. The van der Waals surface area contributed by atoms with Gasteiger partial charge in [0.1, 0.15) is 11.6 Å². The summed E-state index contributed by atoms with van der Waals surface area (Å²) in [5.74, 6) is 2.79. The molecule has 1 nitrogen and oxygen atoms in total. The van der Waals surface area contributed by atoms with Crippen LogP contribution in [0.4, 0.5) is 4.39 Å². The van der Waals surface area contributed by atoms with E-state index in [2.05, 4.69) is 6.92 Å². The Morgan fingerprint density at radius 3 is 2.82 bits per heavy atom. The molecule has 0 aromatic heterocycles. The molecule has 0 saturated heterocycles. The third-order valence-electron chi connectivity index (χ3n) is 3.99. The fraction of sp³-hybridized carbons (Fsp3) is 0.600. The highest BCUT2D eigenvalue weighted by Gasteiger charge is 2.38. The lowest BCUT2D eigenvalue weighted by molar-refractivity contribution is 0.296. The zero-order chi connectivity index (χ0) is 11.8. The normalized spacial score (nSPS) is 26.9. The van der Waals surface area contributed by atoms with Gasteiger partial charge in [-0.3, -0.25) is 0 Å². The molecule has 2 fully saturated rings. The first-order chi connectivity index (χ1) is 8.28. The maximum Gasteiger partial charge on any atom is 0.123 e. The highest BCUT2D eigenvalue weighted by molar-refractivity contribution is 5.40. The average molecular weight is 233 g/mol. The minimum absolute atomic E-state index is 0.138. The van der Waals surface area contributed by atoms with Crippen LogP contribution in [0.25, 0.3) is 0 Å². The molecule has 0 spiro atoms. The summed E-state index contributed by atoms with van der Waals surface area (Å²) in [4.78, 5) is 0. The standard InChI is InChI=1S/C15H19FO/c1-2-11-7-13(11)14-8-12(16)5-6-15(14)17-9-10-3-4-10/h5-6,8,10-11,13H,2-4,7,9H2,1H3/t11-,13-/m0/s1/i16-1. The van der Waals surface area contributed by atoms with Crippen molar-refractivity contribution in [3.05, 3.63) is 29.6 Å². The molecule has 0 heterocycles. The summed E-state index contributed by atoms with van der Waals surface area (Å²) >= 11 is 0. The Balaban J connectivity index is 1.75. The lowest BCUT2D eigenvalue weighted by Crippen LogP contribution is -2.02. The van der Waals surface area contributed by atoms with E-state index in [4.69, 9.17) is 4.74 Å². The van der Waals surface area contributed by atoms with E-state index in [1.165, 1.54) is 31.7 Å². The topological polar surface area (TPSA) is 9.23 Å². The molecule has 2 saturated carbocycles. The summed E-state index contributed by atoms with van der Waals surface area (Å²) in [6.45, 7) is 3.01. The molecule has 3 rings (SSSR count). The maximum absolute atomic E-state index is 13.3. The molecule has 1 aromatic carbocycles. The SMILES string of the molecule is CC[C@H]1C[C@@H]1c1cc([18F])ccc1OCC1CC1. The van der Waals surface area contributed by atoms with Gasteiger partial charge in [0.2, 0.25) is 0 Å². The number of hydrogen-bond donors (Lipinski definition) is 0. The molecule has 0 aliphatic heterocycles. The lowest BCUT2D eigenvalue weighted by atomic mass is 10.1. The van der Waals surface area contributed by atoms with Crippen molar-refractivity contribution in [1.29, 1.82) is 0 Å². The van der Waals surface area contributed by atoms with Gasteiger partial charge in [-0.05, 0) is 55.2 Å². The smallest absolute Gasteiger partial charge is 0.123 e. The van der Waals surface area contributed by atoms with Gasteiger partial charge in [-0.25, -0.2) is 4.39 Å². The lowest BCUT2D eigenvalue weighted by Gasteiger charge is -2.11. The third-order valence-corrected chi connectivity index (χ3v) is 3.99. The summed E-state index contributed by atoms with van der Waals surface area (Å²) in [6, 6.07) is 4.98. The number of benzene rings is 1. The van der Waals surface area contributed by atoms with Crippen LogP contribution in [0.2, 0.25) is 0 Å². The van der Waals surface area contributed by atoms with Gasteiger partial charge in [-0.1, -0.05) is 13.3 Å². The largest absolute Gasteiger partial charge is 0.493 e. The Morgan fingerprint density at radius 1 is 1.35 bits per heavy atom. The van der Waals surface area contributed by atoms with Crippen molar-refractivity contribution in [3.63, 3.8) is 0 Å². The Labute approximate surface area is 102 Å². The number of rotatable bonds is 5. The van der Waals surface area contributed by atoms with Crippen molar-refractivity contribution in [1.82, 2.24) is 0 Å². The first kappa shape index (κ1) is 11.1. The zero-order valence-electron chi connectivity index (χ0n) is 10.3. The van der Waals surface area contributed by atoms with Crippen LogP contribution in [0.15, 0.2) is 18.2 Å². The Hall–Kier alpha value is -1.05. The van der Waals surface area contributed by atoms with Crippen LogP contribution in [0.1, 0.15) is 44.1 Å². The van der Waals surface area contributed by atoms with Crippen molar-refractivity contribution < 1.29 is 9.13 Å². The van der Waals surface area contributed by atoms with Gasteiger partial charge < -0.3 is 4.74 Å². The predicted octanol–water partition coefficient (Wildman–Crippen LogP) is 4.13. The molecule has 17 heavy (non-hydrogen) atoms. The van der Waals surface area contributed by atoms with Crippen LogP contribution in [0, 0.1) is 17.7 Å². The van der Waals surface area contributed by atoms with Crippen molar-refractivity contribution in [2.45, 2.75) is 38.5 Å². The average Bonchev–Trinajstić information content (AvgIpc) is 3.21. The highest BCUT2D eigenvalue weighted by Crippen LogP contribution is 2.52. The molecular formula is C15H19FO. The zero-order valence-corrected chi connectivity index (χ0v) is 10.3. The number of ether oxygens (including phenoxy) is 1. The van der Waals surface area contributed by atoms with Gasteiger partial charge >= 0.3 is 0 Å². The Bertz CT molecular complexity index is 411. The summed E-state index contributed by atoms with van der Waals surface area (Å²) < 4.78 is 19.2. The van der Waals surface area contributed by atoms with Gasteiger partial charge in [0.25, 0.3) is 0 Å². The molecule has 0 amide bonds. The van der Waals surface area contributed by atoms with Crippen LogP contribution in [-0.4, -0.2) is 6.61 Å². The van der Waals surface area contributed by atoms with Crippen LogP contribution >= 0.6 is 0 Å². The van der Waals surface area contributed by atoms with Crippen LogP contribution in [-0.2, 0) is 0 Å². The van der Waals surface area contributed by atoms with Crippen LogP contribution < -0.4 is 4.74 Å². The van der Waals surface area contributed by atoms with Gasteiger partial charge in [0.05, 0.1) is 6.61 Å². The van der Waals surface area contributed by atoms with E-state index in [-0.39, 0.29) is 5.82 Å². The van der Waals surface area contributed by atoms with Gasteiger partial charge in [0.15, 0.2) is 0 Å². The second-order valence-corrected chi connectivity index (χ2v) is 5.45. The Kier molecular flexibility index (Phi) is 2.81. The van der Waals surface area contributed by atoms with Crippen molar-refractivity contribution in [2.75, 3.05) is 6.61 Å². The molecule has 2 aliphatic carbocycles. The minimum Gasteiger partial charge on any atom is -0.493 e. The summed E-state index contributed by atoms with van der Waals surface area (Å²) in [7, 11) is 0. The van der Waals surface area contributed by atoms with E-state index in [0.29, 0.717) is 5.92 Å². The monoisotopic (exact) mass is 233 g/mol. The second-order valence-electron chi connectivity index (χ2n) is 5.45. The molecule has 1 aromatic rings. The van der Waals surface area contributed by atoms with E-state index in [1.807, 2.05) is 0 Å². The van der Waals surface area contributed by atoms with E-state index in [9.17, 15) is 4.39 Å².